The molecule has 0 saturated carbocycles. The SMILES string of the molecule is CCCCCCCCCCCCc1cc(I)sc1-c1sc(I)cc1CCCCCCCCCCCC. The molecule has 0 aromatic carbocycles. The number of halogens is 2. The molecule has 0 unspecified atom stereocenters. The quantitative estimate of drug-likeness (QED) is 0.0783. The Morgan fingerprint density at radius 2 is 0.722 bits per heavy atom. The molecule has 4 heteroatoms. The van der Waals surface area contributed by atoms with Gasteiger partial charge in [-0.2, -0.15) is 0 Å². The van der Waals surface area contributed by atoms with E-state index in [1.807, 2.05) is 22.7 Å². The second-order valence-corrected chi connectivity index (χ2v) is 16.6. The molecule has 0 spiro atoms. The Labute approximate surface area is 259 Å². The third-order valence-corrected chi connectivity index (χ3v) is 11.4. The molecule has 0 aliphatic rings. The molecule has 0 atom stereocenters. The van der Waals surface area contributed by atoms with Crippen molar-refractivity contribution in [2.45, 2.75) is 155 Å². The van der Waals surface area contributed by atoms with Gasteiger partial charge >= 0.3 is 0 Å². The first-order valence-corrected chi connectivity index (χ1v) is 19.0. The number of unbranched alkanes of at least 4 members (excludes halogenated alkanes) is 18. The molecule has 206 valence electrons. The summed E-state index contributed by atoms with van der Waals surface area (Å²) in [6.45, 7) is 4.61. The third-order valence-electron chi connectivity index (χ3n) is 7.36. The van der Waals surface area contributed by atoms with Gasteiger partial charge in [0.1, 0.15) is 0 Å². The fourth-order valence-corrected chi connectivity index (χ4v) is 9.30. The molecule has 2 aromatic rings. The van der Waals surface area contributed by atoms with Crippen molar-refractivity contribution in [2.24, 2.45) is 0 Å². The fraction of sp³-hybridized carbons (Fsp3) is 0.750. The second-order valence-electron chi connectivity index (χ2n) is 10.7. The molecular weight excluding hydrogens is 702 g/mol. The zero-order valence-electron chi connectivity index (χ0n) is 23.3. The molecule has 0 radical (unpaired) electrons. The zero-order chi connectivity index (χ0) is 25.8. The van der Waals surface area contributed by atoms with Gasteiger partial charge in [0, 0.05) is 9.75 Å². The van der Waals surface area contributed by atoms with Crippen molar-refractivity contribution in [3.63, 3.8) is 0 Å². The maximum atomic E-state index is 2.54. The topological polar surface area (TPSA) is 0 Å². The zero-order valence-corrected chi connectivity index (χ0v) is 29.2. The van der Waals surface area contributed by atoms with Gasteiger partial charge in [0.2, 0.25) is 0 Å². The van der Waals surface area contributed by atoms with E-state index in [0.717, 1.165) is 0 Å². The van der Waals surface area contributed by atoms with E-state index in [4.69, 9.17) is 0 Å². The summed E-state index contributed by atoms with van der Waals surface area (Å²) in [7, 11) is 0. The minimum absolute atomic E-state index is 1.26. The lowest BCUT2D eigenvalue weighted by molar-refractivity contribution is 0.556. The van der Waals surface area contributed by atoms with E-state index in [-0.39, 0.29) is 0 Å². The number of thiophene rings is 2. The normalized spacial score (nSPS) is 11.6. The summed E-state index contributed by atoms with van der Waals surface area (Å²) in [4.78, 5) is 3.18. The first-order valence-electron chi connectivity index (χ1n) is 15.2. The van der Waals surface area contributed by atoms with Crippen LogP contribution < -0.4 is 0 Å². The Morgan fingerprint density at radius 3 is 1.03 bits per heavy atom. The summed E-state index contributed by atoms with van der Waals surface area (Å²) in [6.07, 6.45) is 30.9. The Morgan fingerprint density at radius 1 is 0.444 bits per heavy atom. The van der Waals surface area contributed by atoms with Crippen molar-refractivity contribution in [2.75, 3.05) is 0 Å². The highest BCUT2D eigenvalue weighted by Gasteiger charge is 2.16. The van der Waals surface area contributed by atoms with Crippen LogP contribution in [0, 0.1) is 5.77 Å². The van der Waals surface area contributed by atoms with Gasteiger partial charge in [-0.15, -0.1) is 22.7 Å². The van der Waals surface area contributed by atoms with E-state index in [2.05, 4.69) is 71.2 Å². The highest BCUT2D eigenvalue weighted by Crippen LogP contribution is 2.42. The van der Waals surface area contributed by atoms with E-state index in [1.165, 1.54) is 147 Å². The lowest BCUT2D eigenvalue weighted by Crippen LogP contribution is -1.90. The minimum atomic E-state index is 1.26. The Hall–Kier alpha value is 0.860. The molecule has 2 aromatic heterocycles. The van der Waals surface area contributed by atoms with E-state index in [1.54, 1.807) is 20.9 Å². The second kappa shape index (κ2) is 21.7. The van der Waals surface area contributed by atoms with Gasteiger partial charge in [-0.1, -0.05) is 129 Å². The van der Waals surface area contributed by atoms with Crippen LogP contribution in [-0.4, -0.2) is 0 Å². The van der Waals surface area contributed by atoms with Crippen LogP contribution in [0.5, 0.6) is 0 Å². The largest absolute Gasteiger partial charge is 0.128 e. The molecule has 0 bridgehead atoms. The first kappa shape index (κ1) is 33.1. The van der Waals surface area contributed by atoms with Crippen LogP contribution in [0.15, 0.2) is 12.1 Å². The van der Waals surface area contributed by atoms with Crippen molar-refractivity contribution in [3.05, 3.63) is 29.0 Å². The molecule has 2 heterocycles. The van der Waals surface area contributed by atoms with Crippen molar-refractivity contribution >= 4 is 67.9 Å². The van der Waals surface area contributed by atoms with Crippen molar-refractivity contribution in [3.8, 4) is 9.75 Å². The predicted molar refractivity (Wildman–Crippen MR) is 184 cm³/mol. The van der Waals surface area contributed by atoms with Crippen LogP contribution >= 0.6 is 67.9 Å². The molecule has 0 amide bonds. The van der Waals surface area contributed by atoms with Gasteiger partial charge < -0.3 is 0 Å². The number of rotatable bonds is 23. The van der Waals surface area contributed by atoms with Crippen LogP contribution in [0.1, 0.15) is 153 Å². The van der Waals surface area contributed by atoms with Crippen molar-refractivity contribution < 1.29 is 0 Å². The molecular formula is C32H52I2S2. The van der Waals surface area contributed by atoms with Crippen LogP contribution in [-0.2, 0) is 12.8 Å². The van der Waals surface area contributed by atoms with Gasteiger partial charge in [0.25, 0.3) is 0 Å². The van der Waals surface area contributed by atoms with E-state index in [9.17, 15) is 0 Å². The number of hydrogen-bond donors (Lipinski definition) is 0. The van der Waals surface area contributed by atoms with Gasteiger partial charge in [-0.25, -0.2) is 0 Å². The fourth-order valence-electron chi connectivity index (χ4n) is 5.15. The average molecular weight is 755 g/mol. The van der Waals surface area contributed by atoms with E-state index < -0.39 is 0 Å². The molecule has 0 N–H and O–H groups in total. The molecule has 36 heavy (non-hydrogen) atoms. The maximum absolute atomic E-state index is 2.54. The Kier molecular flexibility index (Phi) is 19.9. The van der Waals surface area contributed by atoms with Gasteiger partial charge in [-0.05, 0) is 94.1 Å². The highest BCUT2D eigenvalue weighted by molar-refractivity contribution is 14.1. The summed E-state index contributed by atoms with van der Waals surface area (Å²) in [5, 5.41) is 0. The van der Waals surface area contributed by atoms with Gasteiger partial charge in [-0.3, -0.25) is 0 Å². The molecule has 0 nitrogen and oxygen atoms in total. The first-order chi connectivity index (χ1) is 17.7. The summed E-state index contributed by atoms with van der Waals surface area (Å²) in [5.74, 6) is 0. The standard InChI is InChI=1S/C32H52I2S2/c1-3-5-7-9-11-13-15-17-19-21-23-27-25-29(33)35-31(27)32-28(26-30(34)36-32)24-22-20-18-16-14-12-10-8-6-4-2/h25-26H,3-24H2,1-2H3. The minimum Gasteiger partial charge on any atom is -0.128 e. The summed E-state index contributed by atoms with van der Waals surface area (Å²) < 4.78 is 2.91. The number of aryl methyl sites for hydroxylation is 2. The smallest absolute Gasteiger partial charge is 0.0663 e. The molecule has 0 fully saturated rings. The monoisotopic (exact) mass is 754 g/mol. The van der Waals surface area contributed by atoms with Crippen LogP contribution in [0.3, 0.4) is 0 Å². The summed E-state index contributed by atoms with van der Waals surface area (Å²) in [5.41, 5.74) is 3.23. The van der Waals surface area contributed by atoms with Crippen LogP contribution in [0.25, 0.3) is 9.75 Å². The van der Waals surface area contributed by atoms with E-state index in [0.29, 0.717) is 0 Å². The lowest BCUT2D eigenvalue weighted by Gasteiger charge is -2.07. The lowest BCUT2D eigenvalue weighted by atomic mass is 10.0. The number of hydrogen-bond acceptors (Lipinski definition) is 2. The Balaban J connectivity index is 1.71. The molecule has 2 rings (SSSR count). The van der Waals surface area contributed by atoms with Crippen molar-refractivity contribution in [1.82, 2.24) is 0 Å². The average Bonchev–Trinajstić information content (AvgIpc) is 3.42. The molecule has 0 saturated heterocycles. The summed E-state index contributed by atoms with van der Waals surface area (Å²) >= 11 is 9.14. The maximum Gasteiger partial charge on any atom is 0.0663 e. The summed E-state index contributed by atoms with van der Waals surface area (Å²) in [6, 6.07) is 4.95. The van der Waals surface area contributed by atoms with Crippen molar-refractivity contribution in [1.29, 1.82) is 0 Å². The Bertz CT molecular complexity index is 726. The highest BCUT2D eigenvalue weighted by atomic mass is 127. The van der Waals surface area contributed by atoms with Crippen LogP contribution in [0.4, 0.5) is 0 Å². The van der Waals surface area contributed by atoms with Gasteiger partial charge in [0.05, 0.1) is 5.77 Å². The molecule has 0 aliphatic carbocycles. The molecule has 0 aliphatic heterocycles. The van der Waals surface area contributed by atoms with Crippen LogP contribution in [0.2, 0.25) is 0 Å². The van der Waals surface area contributed by atoms with Gasteiger partial charge in [0.15, 0.2) is 0 Å². The third kappa shape index (κ3) is 14.3. The predicted octanol–water partition coefficient (Wildman–Crippen LogP) is 13.6. The van der Waals surface area contributed by atoms with E-state index >= 15 is 0 Å².